The van der Waals surface area contributed by atoms with Gasteiger partial charge < -0.3 is 10.3 Å². The average Bonchev–Trinajstić information content (AvgIpc) is 3.35. The Hall–Kier alpha value is -2.21. The number of para-hydroxylation sites is 1. The molecule has 0 radical (unpaired) electrons. The van der Waals surface area contributed by atoms with E-state index in [0.717, 1.165) is 25.6 Å². The highest BCUT2D eigenvalue weighted by atomic mass is 16.1. The number of likely N-dealkylation sites (tertiary alicyclic amines) is 1. The fourth-order valence-electron chi connectivity index (χ4n) is 3.65. The smallest absolute Gasteiger partial charge is 0.258 e. The van der Waals surface area contributed by atoms with Gasteiger partial charge in [-0.25, -0.2) is 4.98 Å². The molecule has 1 aromatic heterocycles. The second-order valence-electron chi connectivity index (χ2n) is 7.16. The van der Waals surface area contributed by atoms with Crippen molar-refractivity contribution in [2.75, 3.05) is 13.1 Å². The molecule has 1 aromatic carbocycles. The molecule has 2 heterocycles. The van der Waals surface area contributed by atoms with Crippen LogP contribution in [0.3, 0.4) is 0 Å². The number of aryl methyl sites for hydroxylation is 1. The van der Waals surface area contributed by atoms with E-state index in [1.165, 1.54) is 12.8 Å². The molecule has 25 heavy (non-hydrogen) atoms. The molecule has 2 fully saturated rings. The maximum atomic E-state index is 12.1. The first-order valence-electron chi connectivity index (χ1n) is 9.20. The standard InChI is InChI=1S/C19H24N4O2/c24-18(20-13-10-11-23(12-13)14-8-9-14)7-3-6-17-21-16-5-2-1-4-15(16)19(25)22-17/h1-2,4-5,13-14H,3,6-12H2,(H,20,24)(H,21,22,25)/t13-/m0/s1. The first-order valence-corrected chi connectivity index (χ1v) is 9.20. The number of carbonyl (C=O) groups is 1. The molecule has 4 rings (SSSR count). The Morgan fingerprint density at radius 3 is 2.96 bits per heavy atom. The van der Waals surface area contributed by atoms with E-state index in [4.69, 9.17) is 0 Å². The number of nitrogens with one attached hydrogen (secondary N) is 2. The van der Waals surface area contributed by atoms with E-state index >= 15 is 0 Å². The minimum atomic E-state index is -0.115. The highest BCUT2D eigenvalue weighted by molar-refractivity contribution is 5.77. The van der Waals surface area contributed by atoms with Gasteiger partial charge in [0.1, 0.15) is 5.82 Å². The van der Waals surface area contributed by atoms with Crippen LogP contribution in [0.5, 0.6) is 0 Å². The van der Waals surface area contributed by atoms with Crippen LogP contribution < -0.4 is 10.9 Å². The molecule has 2 aliphatic rings. The van der Waals surface area contributed by atoms with E-state index < -0.39 is 0 Å². The van der Waals surface area contributed by atoms with Crippen molar-refractivity contribution >= 4 is 16.8 Å². The van der Waals surface area contributed by atoms with Gasteiger partial charge in [-0.05, 0) is 37.8 Å². The van der Waals surface area contributed by atoms with Crippen molar-refractivity contribution in [1.29, 1.82) is 0 Å². The minimum absolute atomic E-state index is 0.103. The molecular weight excluding hydrogens is 316 g/mol. The first kappa shape index (κ1) is 16.3. The number of fused-ring (bicyclic) bond motifs is 1. The summed E-state index contributed by atoms with van der Waals surface area (Å²) in [6, 6.07) is 8.39. The van der Waals surface area contributed by atoms with Crippen LogP contribution in [0.15, 0.2) is 29.1 Å². The Morgan fingerprint density at radius 2 is 2.12 bits per heavy atom. The van der Waals surface area contributed by atoms with Gasteiger partial charge in [-0.1, -0.05) is 12.1 Å². The second kappa shape index (κ2) is 6.96. The zero-order chi connectivity index (χ0) is 17.2. The summed E-state index contributed by atoms with van der Waals surface area (Å²) in [4.78, 5) is 34.0. The number of aromatic amines is 1. The SMILES string of the molecule is O=C(CCCc1nc2ccccc2c(=O)[nH]1)N[C@H]1CCN(C2CC2)C1. The largest absolute Gasteiger partial charge is 0.352 e. The van der Waals surface area contributed by atoms with Gasteiger partial charge in [0.15, 0.2) is 0 Å². The highest BCUT2D eigenvalue weighted by Gasteiger charge is 2.34. The molecule has 1 atom stereocenters. The lowest BCUT2D eigenvalue weighted by Gasteiger charge is -2.15. The van der Waals surface area contributed by atoms with Crippen LogP contribution >= 0.6 is 0 Å². The molecule has 1 saturated heterocycles. The van der Waals surface area contributed by atoms with Crippen molar-refractivity contribution in [3.8, 4) is 0 Å². The van der Waals surface area contributed by atoms with Gasteiger partial charge in [0.25, 0.3) is 5.56 Å². The number of nitrogens with zero attached hydrogens (tertiary/aromatic N) is 2. The van der Waals surface area contributed by atoms with Crippen LogP contribution in [0.1, 0.15) is 37.9 Å². The lowest BCUT2D eigenvalue weighted by atomic mass is 10.2. The molecule has 1 amide bonds. The van der Waals surface area contributed by atoms with Crippen molar-refractivity contribution in [2.45, 2.75) is 50.6 Å². The van der Waals surface area contributed by atoms with Gasteiger partial charge >= 0.3 is 0 Å². The molecule has 1 saturated carbocycles. The van der Waals surface area contributed by atoms with Crippen LogP contribution in [-0.2, 0) is 11.2 Å². The third-order valence-electron chi connectivity index (χ3n) is 5.13. The Kier molecular flexibility index (Phi) is 4.53. The van der Waals surface area contributed by atoms with Crippen LogP contribution in [0.4, 0.5) is 0 Å². The van der Waals surface area contributed by atoms with Gasteiger partial charge in [0.2, 0.25) is 5.91 Å². The summed E-state index contributed by atoms with van der Waals surface area (Å²) in [5.41, 5.74) is 0.591. The van der Waals surface area contributed by atoms with E-state index in [9.17, 15) is 9.59 Å². The summed E-state index contributed by atoms with van der Waals surface area (Å²) in [5.74, 6) is 0.753. The van der Waals surface area contributed by atoms with Gasteiger partial charge in [-0.2, -0.15) is 0 Å². The van der Waals surface area contributed by atoms with Crippen LogP contribution in [0.2, 0.25) is 0 Å². The Bertz CT molecular complexity index is 828. The molecule has 0 bridgehead atoms. The number of hydrogen-bond donors (Lipinski definition) is 2. The predicted octanol–water partition coefficient (Wildman–Crippen LogP) is 1.60. The predicted molar refractivity (Wildman–Crippen MR) is 96.4 cm³/mol. The summed E-state index contributed by atoms with van der Waals surface area (Å²) in [5, 5.41) is 3.75. The second-order valence-corrected chi connectivity index (χ2v) is 7.16. The van der Waals surface area contributed by atoms with Crippen LogP contribution in [-0.4, -0.2) is 45.9 Å². The third-order valence-corrected chi connectivity index (χ3v) is 5.13. The van der Waals surface area contributed by atoms with E-state index in [0.29, 0.717) is 42.0 Å². The van der Waals surface area contributed by atoms with Crippen LogP contribution in [0, 0.1) is 0 Å². The lowest BCUT2D eigenvalue weighted by Crippen LogP contribution is -2.37. The van der Waals surface area contributed by atoms with Gasteiger partial charge in [-0.15, -0.1) is 0 Å². The zero-order valence-corrected chi connectivity index (χ0v) is 14.3. The van der Waals surface area contributed by atoms with Crippen molar-refractivity contribution < 1.29 is 4.79 Å². The summed E-state index contributed by atoms with van der Waals surface area (Å²) in [6.45, 7) is 2.10. The molecule has 0 unspecified atom stereocenters. The van der Waals surface area contributed by atoms with Gasteiger partial charge in [0, 0.05) is 38.0 Å². The molecule has 1 aliphatic carbocycles. The molecule has 6 heteroatoms. The minimum Gasteiger partial charge on any atom is -0.352 e. The monoisotopic (exact) mass is 340 g/mol. The molecule has 2 aromatic rings. The third kappa shape index (κ3) is 3.90. The number of rotatable bonds is 6. The zero-order valence-electron chi connectivity index (χ0n) is 14.3. The number of carbonyl (C=O) groups excluding carboxylic acids is 1. The highest BCUT2D eigenvalue weighted by Crippen LogP contribution is 2.29. The molecule has 0 spiro atoms. The van der Waals surface area contributed by atoms with Crippen LogP contribution in [0.25, 0.3) is 10.9 Å². The Balaban J connectivity index is 1.26. The molecule has 2 N–H and O–H groups in total. The maximum absolute atomic E-state index is 12.1. The van der Waals surface area contributed by atoms with Crippen molar-refractivity contribution in [3.63, 3.8) is 0 Å². The van der Waals surface area contributed by atoms with Gasteiger partial charge in [0.05, 0.1) is 10.9 Å². The normalized spacial score (nSPS) is 20.9. The topological polar surface area (TPSA) is 78.1 Å². The fourth-order valence-corrected chi connectivity index (χ4v) is 3.65. The van der Waals surface area contributed by atoms with Gasteiger partial charge in [-0.3, -0.25) is 14.5 Å². The quantitative estimate of drug-likeness (QED) is 0.837. The number of aromatic nitrogens is 2. The van der Waals surface area contributed by atoms with E-state index in [-0.39, 0.29) is 11.5 Å². The van der Waals surface area contributed by atoms with E-state index in [1.807, 2.05) is 18.2 Å². The summed E-state index contributed by atoms with van der Waals surface area (Å²) >= 11 is 0. The fraction of sp³-hybridized carbons (Fsp3) is 0.526. The molecular formula is C19H24N4O2. The van der Waals surface area contributed by atoms with Crippen molar-refractivity contribution in [3.05, 3.63) is 40.4 Å². The number of benzene rings is 1. The number of amides is 1. The molecule has 1 aliphatic heterocycles. The van der Waals surface area contributed by atoms with Crippen molar-refractivity contribution in [2.24, 2.45) is 0 Å². The van der Waals surface area contributed by atoms with Crippen molar-refractivity contribution in [1.82, 2.24) is 20.2 Å². The van der Waals surface area contributed by atoms with E-state index in [2.05, 4.69) is 20.2 Å². The van der Waals surface area contributed by atoms with E-state index in [1.54, 1.807) is 6.07 Å². The number of hydrogen-bond acceptors (Lipinski definition) is 4. The molecule has 6 nitrogen and oxygen atoms in total. The lowest BCUT2D eigenvalue weighted by molar-refractivity contribution is -0.121. The first-order chi connectivity index (χ1) is 12.2. The Morgan fingerprint density at radius 1 is 1.28 bits per heavy atom. The molecule has 132 valence electrons. The maximum Gasteiger partial charge on any atom is 0.258 e. The Labute approximate surface area is 146 Å². The summed E-state index contributed by atoms with van der Waals surface area (Å²) in [6.07, 6.45) is 5.45. The average molecular weight is 340 g/mol. The summed E-state index contributed by atoms with van der Waals surface area (Å²) in [7, 11) is 0. The summed E-state index contributed by atoms with van der Waals surface area (Å²) < 4.78 is 0. The number of H-pyrrole nitrogens is 1.